The van der Waals surface area contributed by atoms with Crippen LogP contribution in [0.15, 0.2) is 18.2 Å². The highest BCUT2D eigenvalue weighted by atomic mass is 16.5. The van der Waals surface area contributed by atoms with Crippen LogP contribution in [-0.4, -0.2) is 48.1 Å². The molecule has 2 saturated heterocycles. The van der Waals surface area contributed by atoms with Gasteiger partial charge >= 0.3 is 0 Å². The number of anilines is 1. The summed E-state index contributed by atoms with van der Waals surface area (Å²) in [6.07, 6.45) is 4.20. The molecular weight excluding hydrogens is 326 g/mol. The molecular formula is C21H29N3O2. The van der Waals surface area contributed by atoms with Crippen LogP contribution in [-0.2, 0) is 9.53 Å². The molecule has 1 aromatic carbocycles. The summed E-state index contributed by atoms with van der Waals surface area (Å²) in [5, 5.41) is 5.02. The van der Waals surface area contributed by atoms with Gasteiger partial charge in [-0.25, -0.2) is 0 Å². The van der Waals surface area contributed by atoms with Crippen molar-refractivity contribution in [2.24, 2.45) is 0 Å². The van der Waals surface area contributed by atoms with Gasteiger partial charge in [0.25, 0.3) is 0 Å². The molecule has 4 rings (SSSR count). The van der Waals surface area contributed by atoms with Gasteiger partial charge in [-0.2, -0.15) is 0 Å². The quantitative estimate of drug-likeness (QED) is 0.881. The van der Waals surface area contributed by atoms with Crippen LogP contribution in [0.2, 0.25) is 0 Å². The third-order valence-electron chi connectivity index (χ3n) is 5.85. The molecule has 1 amide bonds. The molecule has 0 aliphatic carbocycles. The Hall–Kier alpha value is -2.01. The van der Waals surface area contributed by atoms with Crippen LogP contribution in [0, 0.1) is 6.92 Å². The zero-order valence-electron chi connectivity index (χ0n) is 15.8. The summed E-state index contributed by atoms with van der Waals surface area (Å²) in [6, 6.07) is 7.30. The molecule has 0 bridgehead atoms. The molecule has 1 aromatic heterocycles. The van der Waals surface area contributed by atoms with Crippen LogP contribution in [0.3, 0.4) is 0 Å². The molecule has 0 unspecified atom stereocenters. The van der Waals surface area contributed by atoms with Crippen molar-refractivity contribution in [1.29, 1.82) is 0 Å². The second kappa shape index (κ2) is 7.31. The van der Waals surface area contributed by atoms with Gasteiger partial charge in [0.15, 0.2) is 0 Å². The van der Waals surface area contributed by atoms with Gasteiger partial charge in [-0.05, 0) is 56.4 Å². The normalized spacial score (nSPS) is 19.8. The Morgan fingerprint density at radius 3 is 2.58 bits per heavy atom. The van der Waals surface area contributed by atoms with Crippen molar-refractivity contribution in [3.8, 4) is 0 Å². The number of piperidine rings is 1. The molecule has 3 heterocycles. The fraction of sp³-hybridized carbons (Fsp3) is 0.571. The van der Waals surface area contributed by atoms with Crippen molar-refractivity contribution >= 4 is 22.5 Å². The fourth-order valence-electron chi connectivity index (χ4n) is 4.32. The Balaban J connectivity index is 1.56. The second-order valence-corrected chi connectivity index (χ2v) is 7.81. The number of nitrogens with zero attached hydrogens (tertiary/aromatic N) is 1. The van der Waals surface area contributed by atoms with Gasteiger partial charge in [-0.1, -0.05) is 0 Å². The van der Waals surface area contributed by atoms with Crippen LogP contribution in [0.25, 0.3) is 10.9 Å². The maximum absolute atomic E-state index is 11.6. The number of carbonyl (C=O) groups is 1. The summed E-state index contributed by atoms with van der Waals surface area (Å²) in [4.78, 5) is 17.2. The Labute approximate surface area is 155 Å². The number of aromatic nitrogens is 1. The first-order chi connectivity index (χ1) is 12.6. The van der Waals surface area contributed by atoms with Gasteiger partial charge in [0, 0.05) is 56.3 Å². The molecule has 2 aromatic rings. The number of nitrogens with one attached hydrogen (secondary N) is 2. The number of likely N-dealkylation sites (tertiary alicyclic amines) is 1. The SMILES string of the molecule is CC(=O)N1CCC(c2cc3cc(C)cc(NC4CCOCC4)c3[nH]2)CC1. The first-order valence-corrected chi connectivity index (χ1v) is 9.83. The van der Waals surface area contributed by atoms with E-state index in [1.807, 2.05) is 4.90 Å². The first-order valence-electron chi connectivity index (χ1n) is 9.83. The molecule has 2 fully saturated rings. The summed E-state index contributed by atoms with van der Waals surface area (Å²) in [6.45, 7) is 7.24. The summed E-state index contributed by atoms with van der Waals surface area (Å²) < 4.78 is 5.48. The number of aromatic amines is 1. The van der Waals surface area contributed by atoms with Gasteiger partial charge in [-0.15, -0.1) is 0 Å². The monoisotopic (exact) mass is 355 g/mol. The number of benzene rings is 1. The van der Waals surface area contributed by atoms with Crippen LogP contribution >= 0.6 is 0 Å². The van der Waals surface area contributed by atoms with Crippen molar-refractivity contribution in [1.82, 2.24) is 9.88 Å². The molecule has 2 aliphatic heterocycles. The van der Waals surface area contributed by atoms with E-state index in [1.54, 1.807) is 6.92 Å². The number of aryl methyl sites for hydroxylation is 1. The largest absolute Gasteiger partial charge is 0.381 e. The van der Waals surface area contributed by atoms with E-state index in [9.17, 15) is 4.79 Å². The van der Waals surface area contributed by atoms with E-state index in [0.717, 1.165) is 52.0 Å². The second-order valence-electron chi connectivity index (χ2n) is 7.81. The smallest absolute Gasteiger partial charge is 0.219 e. The van der Waals surface area contributed by atoms with E-state index in [-0.39, 0.29) is 5.91 Å². The lowest BCUT2D eigenvalue weighted by Crippen LogP contribution is -2.36. The minimum absolute atomic E-state index is 0.193. The van der Waals surface area contributed by atoms with E-state index in [1.165, 1.54) is 27.8 Å². The molecule has 26 heavy (non-hydrogen) atoms. The van der Waals surface area contributed by atoms with Crippen molar-refractivity contribution in [2.75, 3.05) is 31.6 Å². The standard InChI is InChI=1S/C21H29N3O2/c1-14-11-17-13-19(16-3-7-24(8-4-16)15(2)25)23-21(17)20(12-14)22-18-5-9-26-10-6-18/h11-13,16,18,22-23H,3-10H2,1-2H3. The van der Waals surface area contributed by atoms with Crippen LogP contribution in [0.4, 0.5) is 5.69 Å². The topological polar surface area (TPSA) is 57.4 Å². The highest BCUT2D eigenvalue weighted by Crippen LogP contribution is 2.33. The van der Waals surface area contributed by atoms with E-state index >= 15 is 0 Å². The molecule has 5 heteroatoms. The molecule has 0 spiro atoms. The molecule has 0 atom stereocenters. The average molecular weight is 355 g/mol. The van der Waals surface area contributed by atoms with Gasteiger partial charge in [0.05, 0.1) is 11.2 Å². The number of ether oxygens (including phenoxy) is 1. The van der Waals surface area contributed by atoms with Crippen molar-refractivity contribution in [3.63, 3.8) is 0 Å². The predicted molar refractivity (Wildman–Crippen MR) is 105 cm³/mol. The fourth-order valence-corrected chi connectivity index (χ4v) is 4.32. The minimum Gasteiger partial charge on any atom is -0.381 e. The van der Waals surface area contributed by atoms with Crippen LogP contribution in [0.5, 0.6) is 0 Å². The predicted octanol–water partition coefficient (Wildman–Crippen LogP) is 3.79. The van der Waals surface area contributed by atoms with E-state index in [4.69, 9.17) is 4.74 Å². The third-order valence-corrected chi connectivity index (χ3v) is 5.85. The van der Waals surface area contributed by atoms with E-state index in [0.29, 0.717) is 12.0 Å². The number of H-pyrrole nitrogens is 1. The zero-order chi connectivity index (χ0) is 18.1. The number of carbonyl (C=O) groups excluding carboxylic acids is 1. The Morgan fingerprint density at radius 2 is 1.88 bits per heavy atom. The van der Waals surface area contributed by atoms with Crippen molar-refractivity contribution in [3.05, 3.63) is 29.5 Å². The maximum Gasteiger partial charge on any atom is 0.219 e. The Kier molecular flexibility index (Phi) is 4.90. The lowest BCUT2D eigenvalue weighted by atomic mass is 9.93. The molecule has 2 N–H and O–H groups in total. The van der Waals surface area contributed by atoms with Crippen LogP contribution < -0.4 is 5.32 Å². The van der Waals surface area contributed by atoms with Gasteiger partial charge in [0.2, 0.25) is 5.91 Å². The number of rotatable bonds is 3. The highest BCUT2D eigenvalue weighted by Gasteiger charge is 2.24. The van der Waals surface area contributed by atoms with E-state index in [2.05, 4.69) is 35.4 Å². The molecule has 140 valence electrons. The van der Waals surface area contributed by atoms with Gasteiger partial charge in [-0.3, -0.25) is 4.79 Å². The highest BCUT2D eigenvalue weighted by molar-refractivity contribution is 5.92. The lowest BCUT2D eigenvalue weighted by molar-refractivity contribution is -0.129. The van der Waals surface area contributed by atoms with Crippen LogP contribution in [0.1, 0.15) is 49.8 Å². The summed E-state index contributed by atoms with van der Waals surface area (Å²) in [7, 11) is 0. The first kappa shape index (κ1) is 17.4. The zero-order valence-corrected chi connectivity index (χ0v) is 15.8. The Bertz CT molecular complexity index is 784. The number of fused-ring (bicyclic) bond motifs is 1. The lowest BCUT2D eigenvalue weighted by Gasteiger charge is -2.30. The average Bonchev–Trinajstić information content (AvgIpc) is 3.07. The van der Waals surface area contributed by atoms with E-state index < -0.39 is 0 Å². The molecule has 0 radical (unpaired) electrons. The number of hydrogen-bond acceptors (Lipinski definition) is 3. The van der Waals surface area contributed by atoms with Gasteiger partial charge in [0.1, 0.15) is 0 Å². The maximum atomic E-state index is 11.6. The summed E-state index contributed by atoms with van der Waals surface area (Å²) >= 11 is 0. The van der Waals surface area contributed by atoms with Crippen molar-refractivity contribution in [2.45, 2.75) is 51.5 Å². The number of hydrogen-bond donors (Lipinski definition) is 2. The minimum atomic E-state index is 0.193. The molecule has 5 nitrogen and oxygen atoms in total. The Morgan fingerprint density at radius 1 is 1.15 bits per heavy atom. The number of amides is 1. The summed E-state index contributed by atoms with van der Waals surface area (Å²) in [5.41, 5.74) is 5.01. The summed E-state index contributed by atoms with van der Waals surface area (Å²) in [5.74, 6) is 0.702. The van der Waals surface area contributed by atoms with Crippen molar-refractivity contribution < 1.29 is 9.53 Å². The molecule has 0 saturated carbocycles. The third kappa shape index (κ3) is 3.58. The van der Waals surface area contributed by atoms with Gasteiger partial charge < -0.3 is 19.9 Å². The molecule has 2 aliphatic rings.